The number of halogens is 4. The summed E-state index contributed by atoms with van der Waals surface area (Å²) in [6.45, 7) is 3.63. The monoisotopic (exact) mass is 624 g/mol. The van der Waals surface area contributed by atoms with E-state index in [4.69, 9.17) is 9.57 Å². The fraction of sp³-hybridized carbons (Fsp3) is 0.481. The molecule has 9 nitrogen and oxygen atoms in total. The van der Waals surface area contributed by atoms with Gasteiger partial charge in [0.25, 0.3) is 11.8 Å². The summed E-state index contributed by atoms with van der Waals surface area (Å²) in [5.74, 6) is -5.03. The van der Waals surface area contributed by atoms with Gasteiger partial charge in [-0.2, -0.15) is 0 Å². The van der Waals surface area contributed by atoms with Gasteiger partial charge in [-0.25, -0.2) is 13.2 Å². The van der Waals surface area contributed by atoms with Crippen LogP contribution in [-0.2, 0) is 11.4 Å². The Morgan fingerprint density at radius 3 is 2.65 bits per heavy atom. The summed E-state index contributed by atoms with van der Waals surface area (Å²) in [6.07, 6.45) is 4.26. The molecule has 1 N–H and O–H groups in total. The van der Waals surface area contributed by atoms with E-state index in [-0.39, 0.29) is 36.2 Å². The zero-order valence-electron chi connectivity index (χ0n) is 21.9. The van der Waals surface area contributed by atoms with Gasteiger partial charge < -0.3 is 24.4 Å². The lowest BCUT2D eigenvalue weighted by atomic mass is 9.86. The van der Waals surface area contributed by atoms with Gasteiger partial charge in [0.15, 0.2) is 17.0 Å². The van der Waals surface area contributed by atoms with Crippen LogP contribution in [0.4, 0.5) is 13.2 Å². The molecule has 0 saturated carbocycles. The van der Waals surface area contributed by atoms with Crippen LogP contribution >= 0.6 is 15.9 Å². The van der Waals surface area contributed by atoms with Gasteiger partial charge in [0.1, 0.15) is 27.6 Å². The normalized spacial score (nSPS) is 23.4. The number of nitrogens with one attached hydrogen (secondary N) is 1. The zero-order valence-corrected chi connectivity index (χ0v) is 23.5. The van der Waals surface area contributed by atoms with Gasteiger partial charge in [-0.15, -0.1) is 0 Å². The van der Waals surface area contributed by atoms with Crippen LogP contribution in [0.5, 0.6) is 5.75 Å². The number of ether oxygens (including phenoxy) is 1. The highest BCUT2D eigenvalue weighted by atomic mass is 79.9. The van der Waals surface area contributed by atoms with Crippen molar-refractivity contribution in [2.24, 2.45) is 5.16 Å². The molecule has 2 amide bonds. The predicted molar refractivity (Wildman–Crippen MR) is 142 cm³/mol. The zero-order chi connectivity index (χ0) is 28.8. The Morgan fingerprint density at radius 1 is 1.27 bits per heavy atom. The number of hydrogen-bond donors (Lipinski definition) is 1. The molecule has 1 fully saturated rings. The summed E-state index contributed by atoms with van der Waals surface area (Å²) in [7, 11) is 0. The molecule has 3 aliphatic heterocycles. The fourth-order valence-electron chi connectivity index (χ4n) is 5.52. The minimum Gasteiger partial charge on any atom is -0.487 e. The Labute approximate surface area is 236 Å². The molecule has 1 spiro atoms. The number of benzene rings is 1. The maximum Gasteiger partial charge on any atom is 0.274 e. The van der Waals surface area contributed by atoms with Crippen LogP contribution in [0.3, 0.4) is 0 Å². The molecule has 3 atom stereocenters. The van der Waals surface area contributed by atoms with Crippen molar-refractivity contribution in [2.45, 2.75) is 70.2 Å². The van der Waals surface area contributed by atoms with Crippen molar-refractivity contribution in [3.63, 3.8) is 0 Å². The van der Waals surface area contributed by atoms with Gasteiger partial charge in [0.2, 0.25) is 5.43 Å². The largest absolute Gasteiger partial charge is 0.487 e. The first kappa shape index (κ1) is 28.2. The summed E-state index contributed by atoms with van der Waals surface area (Å²) >= 11 is 3.41. The van der Waals surface area contributed by atoms with Crippen LogP contribution in [0.15, 0.2) is 28.3 Å². The van der Waals surface area contributed by atoms with Crippen LogP contribution in [0.25, 0.3) is 0 Å². The first-order chi connectivity index (χ1) is 19.1. The van der Waals surface area contributed by atoms with Crippen LogP contribution in [-0.4, -0.2) is 50.7 Å². The highest BCUT2D eigenvalue weighted by Gasteiger charge is 2.54. The van der Waals surface area contributed by atoms with E-state index >= 15 is 0 Å². The molecule has 2 bridgehead atoms. The van der Waals surface area contributed by atoms with Gasteiger partial charge in [-0.05, 0) is 42.1 Å². The summed E-state index contributed by atoms with van der Waals surface area (Å²) in [5, 5.41) is 6.46. The van der Waals surface area contributed by atoms with Crippen molar-refractivity contribution in [1.82, 2.24) is 14.8 Å². The standard InChI is InChI=1S/C27H28BrF3N4O5/c1-3-4-7-39-24-22-26(38)34-13-20(27(6-5-14(34)2)10-21(28)33-40-27)35(22)12-17(23(24)36)25(37)32-11-16-18(30)8-15(29)9-19(16)31/h8-9,12,14,20H,3-7,10-11,13H2,1-2H3,(H,32,37)/t14-,20+,27-/m0/s1. The van der Waals surface area contributed by atoms with Gasteiger partial charge >= 0.3 is 0 Å². The first-order valence-corrected chi connectivity index (χ1v) is 13.9. The highest BCUT2D eigenvalue weighted by Crippen LogP contribution is 2.46. The molecule has 5 rings (SSSR count). The molecule has 1 aromatic carbocycles. The van der Waals surface area contributed by atoms with E-state index in [0.29, 0.717) is 42.4 Å². The number of unbranched alkanes of at least 4 members (excludes halogenated alkanes) is 1. The molecular weight excluding hydrogens is 597 g/mol. The number of pyridine rings is 1. The van der Waals surface area contributed by atoms with Gasteiger partial charge in [0.05, 0.1) is 12.6 Å². The average molecular weight is 625 g/mol. The third-order valence-electron chi connectivity index (χ3n) is 7.78. The van der Waals surface area contributed by atoms with Crippen molar-refractivity contribution in [3.8, 4) is 5.75 Å². The Balaban J connectivity index is 1.60. The molecule has 0 aliphatic carbocycles. The number of rotatable bonds is 7. The summed E-state index contributed by atoms with van der Waals surface area (Å²) in [5.41, 5.74) is -2.58. The Bertz CT molecular complexity index is 1440. The van der Waals surface area contributed by atoms with Crippen molar-refractivity contribution in [3.05, 3.63) is 62.8 Å². The summed E-state index contributed by atoms with van der Waals surface area (Å²) in [6, 6.07) is 0.345. The number of nitrogens with zero attached hydrogens (tertiary/aromatic N) is 3. The number of fused-ring (bicyclic) bond motifs is 5. The lowest BCUT2D eigenvalue weighted by molar-refractivity contribution is -0.0656. The molecule has 13 heteroatoms. The van der Waals surface area contributed by atoms with E-state index in [2.05, 4.69) is 26.4 Å². The SMILES string of the molecule is CCCCOc1c2n(cc(C(=O)NCc3c(F)cc(F)cc3F)c1=O)[C@@H]1CN(C2=O)[C@@H](C)CC[C@]12CC(Br)=NO2. The van der Waals surface area contributed by atoms with Crippen LogP contribution in [0, 0.1) is 17.5 Å². The van der Waals surface area contributed by atoms with E-state index in [0.717, 1.165) is 6.42 Å². The molecule has 0 radical (unpaired) electrons. The van der Waals surface area contributed by atoms with E-state index < -0.39 is 58.4 Å². The van der Waals surface area contributed by atoms with E-state index in [9.17, 15) is 27.6 Å². The topological polar surface area (TPSA) is 102 Å². The van der Waals surface area contributed by atoms with Crippen LogP contribution in [0.1, 0.15) is 78.4 Å². The molecule has 2 aromatic rings. The smallest absolute Gasteiger partial charge is 0.274 e. The number of aromatic nitrogens is 1. The Hall–Kier alpha value is -3.35. The second kappa shape index (κ2) is 10.9. The molecule has 3 aliphatic rings. The fourth-order valence-corrected chi connectivity index (χ4v) is 6.06. The number of carbonyl (C=O) groups is 2. The number of amides is 2. The number of oxime groups is 1. The van der Waals surface area contributed by atoms with E-state index in [1.165, 1.54) is 6.20 Å². The predicted octanol–water partition coefficient (Wildman–Crippen LogP) is 4.42. The third-order valence-corrected chi connectivity index (χ3v) is 8.20. The number of carbonyl (C=O) groups excluding carboxylic acids is 2. The Kier molecular flexibility index (Phi) is 7.68. The first-order valence-electron chi connectivity index (χ1n) is 13.1. The van der Waals surface area contributed by atoms with Gasteiger partial charge in [0, 0.05) is 49.4 Å². The molecular formula is C27H28BrF3N4O5. The molecule has 4 heterocycles. The maximum absolute atomic E-state index is 14.2. The van der Waals surface area contributed by atoms with Crippen LogP contribution < -0.4 is 15.5 Å². The second-order valence-corrected chi connectivity index (χ2v) is 11.3. The lowest BCUT2D eigenvalue weighted by Crippen LogP contribution is -2.52. The van der Waals surface area contributed by atoms with Crippen molar-refractivity contribution >= 4 is 32.4 Å². The van der Waals surface area contributed by atoms with Crippen LogP contribution in [0.2, 0.25) is 0 Å². The molecule has 0 unspecified atom stereocenters. The number of hydrogen-bond acceptors (Lipinski definition) is 6. The van der Waals surface area contributed by atoms with Crippen molar-refractivity contribution in [2.75, 3.05) is 13.2 Å². The lowest BCUT2D eigenvalue weighted by Gasteiger charge is -2.42. The summed E-state index contributed by atoms with van der Waals surface area (Å²) < 4.78 is 49.7. The van der Waals surface area contributed by atoms with E-state index in [1.54, 1.807) is 9.47 Å². The van der Waals surface area contributed by atoms with Crippen molar-refractivity contribution < 1.29 is 32.3 Å². The maximum atomic E-state index is 14.2. The minimum atomic E-state index is -1.17. The van der Waals surface area contributed by atoms with E-state index in [1.807, 2.05) is 13.8 Å². The van der Waals surface area contributed by atoms with Gasteiger partial charge in [-0.3, -0.25) is 14.4 Å². The molecule has 1 saturated heterocycles. The molecule has 1 aromatic heterocycles. The Morgan fingerprint density at radius 2 is 2.00 bits per heavy atom. The highest BCUT2D eigenvalue weighted by molar-refractivity contribution is 9.18. The quantitative estimate of drug-likeness (QED) is 0.460. The third kappa shape index (κ3) is 4.88. The average Bonchev–Trinajstić information content (AvgIpc) is 3.23. The van der Waals surface area contributed by atoms with Crippen molar-refractivity contribution in [1.29, 1.82) is 0 Å². The summed E-state index contributed by atoms with van der Waals surface area (Å²) in [4.78, 5) is 48.3. The van der Waals surface area contributed by atoms with Gasteiger partial charge in [-0.1, -0.05) is 18.5 Å². The minimum absolute atomic E-state index is 0.0178. The molecule has 214 valence electrons. The second-order valence-electron chi connectivity index (χ2n) is 10.4. The molecule has 40 heavy (non-hydrogen) atoms.